The lowest BCUT2D eigenvalue weighted by atomic mass is 10.2. The highest BCUT2D eigenvalue weighted by molar-refractivity contribution is 6.35. The second kappa shape index (κ2) is 11.4. The maximum absolute atomic E-state index is 12.1. The molecule has 3 amide bonds. The maximum atomic E-state index is 12.1. The molecule has 2 aromatic carbocycles. The number of likely N-dealkylation sites (N-methyl/N-ethyl adjacent to an activating group) is 1. The van der Waals surface area contributed by atoms with Crippen LogP contribution in [-0.2, 0) is 14.4 Å². The van der Waals surface area contributed by atoms with E-state index in [9.17, 15) is 14.4 Å². The third-order valence-corrected chi connectivity index (χ3v) is 3.83. The molecule has 0 radical (unpaired) electrons. The minimum Gasteiger partial charge on any atom is -0.490 e. The average Bonchev–Trinajstić information content (AvgIpc) is 2.73. The van der Waals surface area contributed by atoms with Crippen LogP contribution in [0.4, 0.5) is 5.69 Å². The summed E-state index contributed by atoms with van der Waals surface area (Å²) in [7, 11) is 1.33. The topological polar surface area (TPSA) is 118 Å². The molecule has 2 aromatic rings. The summed E-state index contributed by atoms with van der Waals surface area (Å²) in [5.74, 6) is -1.58. The fraction of sp³-hybridized carbons (Fsp3) is 0.200. The Labute approximate surface area is 178 Å². The summed E-state index contributed by atoms with van der Waals surface area (Å²) < 4.78 is 11.1. The van der Waals surface area contributed by atoms with Crippen molar-refractivity contribution >= 4 is 41.2 Å². The predicted octanol–water partition coefficient (Wildman–Crippen LogP) is 1.95. The second-order valence-corrected chi connectivity index (χ2v) is 6.15. The zero-order chi connectivity index (χ0) is 21.9. The third kappa shape index (κ3) is 6.78. The van der Waals surface area contributed by atoms with Crippen molar-refractivity contribution in [2.45, 2.75) is 6.92 Å². The van der Waals surface area contributed by atoms with Crippen LogP contribution in [0.2, 0.25) is 5.02 Å². The van der Waals surface area contributed by atoms with Gasteiger partial charge in [-0.25, -0.2) is 5.43 Å². The average molecular weight is 433 g/mol. The van der Waals surface area contributed by atoms with E-state index in [0.717, 1.165) is 0 Å². The number of nitrogens with zero attached hydrogens (tertiary/aromatic N) is 1. The molecule has 158 valence electrons. The van der Waals surface area contributed by atoms with Crippen molar-refractivity contribution in [3.8, 4) is 11.5 Å². The van der Waals surface area contributed by atoms with Crippen LogP contribution in [0.5, 0.6) is 11.5 Å². The molecular formula is C20H21ClN4O5. The van der Waals surface area contributed by atoms with Gasteiger partial charge < -0.3 is 20.1 Å². The summed E-state index contributed by atoms with van der Waals surface area (Å²) in [5, 5.41) is 8.77. The van der Waals surface area contributed by atoms with E-state index in [4.69, 9.17) is 21.1 Å². The summed E-state index contributed by atoms with van der Waals surface area (Å²) in [4.78, 5) is 34.6. The Kier molecular flexibility index (Phi) is 8.64. The lowest BCUT2D eigenvalue weighted by Crippen LogP contribution is -2.35. The lowest BCUT2D eigenvalue weighted by molar-refractivity contribution is -0.138. The lowest BCUT2D eigenvalue weighted by Gasteiger charge is -2.14. The van der Waals surface area contributed by atoms with Gasteiger partial charge in [0, 0.05) is 12.7 Å². The number of benzene rings is 2. The van der Waals surface area contributed by atoms with Gasteiger partial charge in [-0.1, -0.05) is 29.8 Å². The zero-order valence-electron chi connectivity index (χ0n) is 16.4. The first kappa shape index (κ1) is 22.7. The SMILES string of the molecule is CCOc1cc(/C=N\NC(=O)C(=O)NC)cc(Cl)c1OCC(=O)Nc1ccccc1. The van der Waals surface area contributed by atoms with Crippen molar-refractivity contribution < 1.29 is 23.9 Å². The number of hydrogen-bond acceptors (Lipinski definition) is 6. The number of carbonyl (C=O) groups excluding carboxylic acids is 3. The molecule has 0 atom stereocenters. The van der Waals surface area contributed by atoms with E-state index in [1.54, 1.807) is 37.3 Å². The molecule has 0 aliphatic heterocycles. The number of nitrogens with one attached hydrogen (secondary N) is 3. The Balaban J connectivity index is 2.07. The number of hydrogen-bond donors (Lipinski definition) is 3. The van der Waals surface area contributed by atoms with Crippen LogP contribution in [0.1, 0.15) is 12.5 Å². The number of carbonyl (C=O) groups is 3. The second-order valence-electron chi connectivity index (χ2n) is 5.74. The van der Waals surface area contributed by atoms with Crippen molar-refractivity contribution in [3.05, 3.63) is 53.1 Å². The number of anilines is 1. The molecule has 30 heavy (non-hydrogen) atoms. The molecule has 10 heteroatoms. The number of ether oxygens (including phenoxy) is 2. The van der Waals surface area contributed by atoms with Crippen LogP contribution in [-0.4, -0.2) is 44.2 Å². The Morgan fingerprint density at radius 2 is 1.83 bits per heavy atom. The van der Waals surface area contributed by atoms with Gasteiger partial charge in [0.1, 0.15) is 0 Å². The predicted molar refractivity (Wildman–Crippen MR) is 113 cm³/mol. The molecule has 2 rings (SSSR count). The molecule has 0 saturated heterocycles. The molecule has 9 nitrogen and oxygen atoms in total. The van der Waals surface area contributed by atoms with Gasteiger partial charge in [-0.05, 0) is 36.8 Å². The third-order valence-electron chi connectivity index (χ3n) is 3.55. The fourth-order valence-corrected chi connectivity index (χ4v) is 2.53. The maximum Gasteiger partial charge on any atom is 0.329 e. The molecule has 0 unspecified atom stereocenters. The van der Waals surface area contributed by atoms with Gasteiger partial charge in [-0.15, -0.1) is 0 Å². The Bertz CT molecular complexity index is 934. The summed E-state index contributed by atoms with van der Waals surface area (Å²) >= 11 is 6.28. The van der Waals surface area contributed by atoms with Crippen molar-refractivity contribution in [2.24, 2.45) is 5.10 Å². The molecule has 0 spiro atoms. The van der Waals surface area contributed by atoms with Gasteiger partial charge in [0.2, 0.25) is 0 Å². The Morgan fingerprint density at radius 3 is 2.50 bits per heavy atom. The summed E-state index contributed by atoms with van der Waals surface area (Å²) in [6.45, 7) is 1.84. The van der Waals surface area contributed by atoms with E-state index in [1.807, 2.05) is 6.07 Å². The molecule has 0 bridgehead atoms. The van der Waals surface area contributed by atoms with Crippen LogP contribution < -0.4 is 25.5 Å². The fourth-order valence-electron chi connectivity index (χ4n) is 2.25. The number of hydrazone groups is 1. The molecule has 0 fully saturated rings. The first-order valence-electron chi connectivity index (χ1n) is 8.93. The molecule has 0 heterocycles. The van der Waals surface area contributed by atoms with Gasteiger partial charge in [0.15, 0.2) is 18.1 Å². The van der Waals surface area contributed by atoms with Crippen molar-refractivity contribution in [3.63, 3.8) is 0 Å². The van der Waals surface area contributed by atoms with E-state index < -0.39 is 11.8 Å². The van der Waals surface area contributed by atoms with Crippen LogP contribution >= 0.6 is 11.6 Å². The highest BCUT2D eigenvalue weighted by atomic mass is 35.5. The molecule has 0 aliphatic carbocycles. The van der Waals surface area contributed by atoms with E-state index in [0.29, 0.717) is 23.6 Å². The quantitative estimate of drug-likeness (QED) is 0.335. The molecular weight excluding hydrogens is 412 g/mol. The van der Waals surface area contributed by atoms with E-state index in [-0.39, 0.29) is 23.3 Å². The zero-order valence-corrected chi connectivity index (χ0v) is 17.2. The standard InChI is InChI=1S/C20H21ClN4O5/c1-3-29-16-10-13(11-23-25-20(28)19(27)22-2)9-15(21)18(16)30-12-17(26)24-14-7-5-4-6-8-14/h4-11H,3,12H2,1-2H3,(H,22,27)(H,24,26)(H,25,28)/b23-11-. The van der Waals surface area contributed by atoms with Crippen molar-refractivity contribution in [2.75, 3.05) is 25.6 Å². The highest BCUT2D eigenvalue weighted by Crippen LogP contribution is 2.36. The molecule has 0 aliphatic rings. The smallest absolute Gasteiger partial charge is 0.329 e. The summed E-state index contributed by atoms with van der Waals surface area (Å²) in [6, 6.07) is 12.1. The minimum atomic E-state index is -0.908. The van der Waals surface area contributed by atoms with E-state index in [1.165, 1.54) is 19.3 Å². The van der Waals surface area contributed by atoms with Gasteiger partial charge in [-0.2, -0.15) is 5.10 Å². The van der Waals surface area contributed by atoms with E-state index >= 15 is 0 Å². The van der Waals surface area contributed by atoms with Crippen LogP contribution in [0, 0.1) is 0 Å². The van der Waals surface area contributed by atoms with E-state index in [2.05, 4.69) is 21.2 Å². The van der Waals surface area contributed by atoms with Crippen molar-refractivity contribution in [1.29, 1.82) is 0 Å². The highest BCUT2D eigenvalue weighted by Gasteiger charge is 2.15. The van der Waals surface area contributed by atoms with Crippen LogP contribution in [0.3, 0.4) is 0 Å². The van der Waals surface area contributed by atoms with Crippen LogP contribution in [0.15, 0.2) is 47.6 Å². The van der Waals surface area contributed by atoms with Gasteiger partial charge in [-0.3, -0.25) is 14.4 Å². The first-order valence-corrected chi connectivity index (χ1v) is 9.31. The molecule has 0 saturated carbocycles. The summed E-state index contributed by atoms with van der Waals surface area (Å²) in [5.41, 5.74) is 3.21. The molecule has 0 aromatic heterocycles. The number of para-hydroxylation sites is 1. The van der Waals surface area contributed by atoms with Crippen molar-refractivity contribution in [1.82, 2.24) is 10.7 Å². The van der Waals surface area contributed by atoms with Gasteiger partial charge in [0.25, 0.3) is 5.91 Å². The van der Waals surface area contributed by atoms with Gasteiger partial charge in [0.05, 0.1) is 17.8 Å². The first-order chi connectivity index (χ1) is 14.4. The monoisotopic (exact) mass is 432 g/mol. The molecule has 3 N–H and O–H groups in total. The Hall–Kier alpha value is -3.59. The number of amides is 3. The minimum absolute atomic E-state index is 0.188. The largest absolute Gasteiger partial charge is 0.490 e. The van der Waals surface area contributed by atoms with Crippen LogP contribution in [0.25, 0.3) is 0 Å². The number of rotatable bonds is 8. The summed E-state index contributed by atoms with van der Waals surface area (Å²) in [6.07, 6.45) is 1.29. The Morgan fingerprint density at radius 1 is 1.10 bits per heavy atom. The number of halogens is 1. The van der Waals surface area contributed by atoms with Gasteiger partial charge >= 0.3 is 11.8 Å². The normalized spacial score (nSPS) is 10.4.